The van der Waals surface area contributed by atoms with E-state index in [0.717, 1.165) is 44.9 Å². The summed E-state index contributed by atoms with van der Waals surface area (Å²) >= 11 is 0. The Kier molecular flexibility index (Phi) is 41.8. The molecule has 1 fully saturated rings. The van der Waals surface area contributed by atoms with Crippen molar-refractivity contribution in [3.8, 4) is 0 Å². The fraction of sp³-hybridized carbons (Fsp3) is 0.873. The van der Waals surface area contributed by atoms with Crippen LogP contribution < -0.4 is 5.32 Å². The standard InChI is InChI=1S/C55H104NO12P/c1-3-5-7-9-11-13-15-17-19-21-23-24-25-26-28-30-32-34-36-38-40-42-46(57)44-49(59)56-47(45-67-69(65,66)68-55-53(63)51(61)50(60)52(62)54(55)64)48(58)43-41-39-37-35-33-31-29-27-22-20-18-16-14-12-10-8-6-4-2/h22,27,33,35,41,43,46-48,50-55,57-58,60-64H,3-21,23-26,28-32,34,36-40,42,44-45H2,1-2H3,(H,56,59)(H,65,66)/b27-22+,35-33+,43-41+. The molecule has 9 N–H and O–H groups in total. The van der Waals surface area contributed by atoms with Gasteiger partial charge in [-0.25, -0.2) is 4.57 Å². The summed E-state index contributed by atoms with van der Waals surface area (Å²) in [7, 11) is -5.16. The van der Waals surface area contributed by atoms with Crippen LogP contribution >= 0.6 is 7.82 Å². The van der Waals surface area contributed by atoms with Crippen molar-refractivity contribution >= 4 is 13.7 Å². The number of nitrogens with one attached hydrogen (secondary N) is 1. The van der Waals surface area contributed by atoms with Crippen molar-refractivity contribution in [3.05, 3.63) is 36.5 Å². The van der Waals surface area contributed by atoms with Crippen LogP contribution in [0, 0.1) is 0 Å². The zero-order valence-corrected chi connectivity index (χ0v) is 44.4. The van der Waals surface area contributed by atoms with E-state index in [0.29, 0.717) is 19.3 Å². The minimum atomic E-state index is -5.16. The molecule has 0 spiro atoms. The van der Waals surface area contributed by atoms with Gasteiger partial charge in [-0.2, -0.15) is 0 Å². The Labute approximate surface area is 419 Å². The van der Waals surface area contributed by atoms with Gasteiger partial charge in [-0.05, 0) is 44.9 Å². The van der Waals surface area contributed by atoms with Gasteiger partial charge in [0, 0.05) is 0 Å². The molecule has 8 unspecified atom stereocenters. The van der Waals surface area contributed by atoms with Gasteiger partial charge in [-0.3, -0.25) is 13.8 Å². The average molecular weight is 1000 g/mol. The van der Waals surface area contributed by atoms with Crippen molar-refractivity contribution in [2.45, 2.75) is 300 Å². The maximum atomic E-state index is 13.1. The number of carbonyl (C=O) groups excluding carboxylic acids is 1. The van der Waals surface area contributed by atoms with Gasteiger partial charge < -0.3 is 46.0 Å². The fourth-order valence-corrected chi connectivity index (χ4v) is 9.89. The second-order valence-corrected chi connectivity index (χ2v) is 21.4. The van der Waals surface area contributed by atoms with Crippen LogP contribution in [0.3, 0.4) is 0 Å². The quantitative estimate of drug-likeness (QED) is 0.0158. The highest BCUT2D eigenvalue weighted by molar-refractivity contribution is 7.47. The monoisotopic (exact) mass is 1000 g/mol. The fourth-order valence-electron chi connectivity index (χ4n) is 8.92. The average Bonchev–Trinajstić information content (AvgIpc) is 3.32. The number of carbonyl (C=O) groups is 1. The lowest BCUT2D eigenvalue weighted by Gasteiger charge is -2.41. The largest absolute Gasteiger partial charge is 0.472 e. The van der Waals surface area contributed by atoms with Crippen LogP contribution in [0.15, 0.2) is 36.5 Å². The van der Waals surface area contributed by atoms with E-state index in [2.05, 4.69) is 43.5 Å². The lowest BCUT2D eigenvalue weighted by molar-refractivity contribution is -0.220. The van der Waals surface area contributed by atoms with Crippen LogP contribution in [-0.2, 0) is 18.4 Å². The number of rotatable bonds is 47. The minimum Gasteiger partial charge on any atom is -0.393 e. The summed E-state index contributed by atoms with van der Waals surface area (Å²) in [6.45, 7) is 3.76. The summed E-state index contributed by atoms with van der Waals surface area (Å²) in [4.78, 5) is 23.6. The number of hydrogen-bond donors (Lipinski definition) is 9. The summed E-state index contributed by atoms with van der Waals surface area (Å²) in [6.07, 6.45) is 39.5. The number of unbranched alkanes of at least 4 members (excludes halogenated alkanes) is 30. The van der Waals surface area contributed by atoms with Crippen molar-refractivity contribution in [3.63, 3.8) is 0 Å². The van der Waals surface area contributed by atoms with E-state index in [1.165, 1.54) is 167 Å². The predicted molar refractivity (Wildman–Crippen MR) is 280 cm³/mol. The van der Waals surface area contributed by atoms with Crippen LogP contribution in [0.1, 0.15) is 245 Å². The summed E-state index contributed by atoms with van der Waals surface area (Å²) in [6, 6.07) is -1.26. The van der Waals surface area contributed by atoms with Gasteiger partial charge in [0.2, 0.25) is 5.91 Å². The number of amides is 1. The molecule has 0 aromatic rings. The molecule has 8 atom stereocenters. The van der Waals surface area contributed by atoms with Crippen molar-refractivity contribution < 1.29 is 59.0 Å². The molecule has 0 radical (unpaired) electrons. The maximum absolute atomic E-state index is 13.1. The van der Waals surface area contributed by atoms with Gasteiger partial charge >= 0.3 is 7.82 Å². The van der Waals surface area contributed by atoms with Crippen LogP contribution in [-0.4, -0.2) is 108 Å². The molecule has 1 saturated carbocycles. The molecule has 0 bridgehead atoms. The van der Waals surface area contributed by atoms with Gasteiger partial charge in [0.25, 0.3) is 0 Å². The molecule has 1 rings (SSSR count). The summed E-state index contributed by atoms with van der Waals surface area (Å²) < 4.78 is 23.0. The first kappa shape index (κ1) is 65.5. The van der Waals surface area contributed by atoms with E-state index < -0.39 is 75.2 Å². The first-order valence-electron chi connectivity index (χ1n) is 28.0. The van der Waals surface area contributed by atoms with Gasteiger partial charge in [0.1, 0.15) is 36.6 Å². The summed E-state index contributed by atoms with van der Waals surface area (Å²) in [5.74, 6) is -0.603. The minimum absolute atomic E-state index is 0.253. The summed E-state index contributed by atoms with van der Waals surface area (Å²) in [5.41, 5.74) is 0. The van der Waals surface area contributed by atoms with E-state index in [1.807, 2.05) is 0 Å². The Morgan fingerprint density at radius 3 is 1.28 bits per heavy atom. The molecule has 406 valence electrons. The molecule has 13 nitrogen and oxygen atoms in total. The lowest BCUT2D eigenvalue weighted by atomic mass is 9.85. The Morgan fingerprint density at radius 1 is 0.507 bits per heavy atom. The van der Waals surface area contributed by atoms with E-state index in [-0.39, 0.29) is 6.42 Å². The van der Waals surface area contributed by atoms with Crippen LogP contribution in [0.25, 0.3) is 0 Å². The molecular formula is C55H104NO12P. The molecule has 14 heteroatoms. The molecule has 0 heterocycles. The molecular weight excluding hydrogens is 898 g/mol. The van der Waals surface area contributed by atoms with E-state index in [1.54, 1.807) is 6.08 Å². The highest BCUT2D eigenvalue weighted by Crippen LogP contribution is 2.47. The van der Waals surface area contributed by atoms with E-state index >= 15 is 0 Å². The van der Waals surface area contributed by atoms with Crippen molar-refractivity contribution in [2.24, 2.45) is 0 Å². The van der Waals surface area contributed by atoms with Crippen LogP contribution in [0.2, 0.25) is 0 Å². The molecule has 1 amide bonds. The van der Waals surface area contributed by atoms with Crippen molar-refractivity contribution in [1.29, 1.82) is 0 Å². The highest BCUT2D eigenvalue weighted by atomic mass is 31.2. The highest BCUT2D eigenvalue weighted by Gasteiger charge is 2.51. The van der Waals surface area contributed by atoms with Gasteiger partial charge in [0.05, 0.1) is 31.3 Å². The number of allylic oxidation sites excluding steroid dienone is 5. The number of phosphoric acid groups is 1. The second-order valence-electron chi connectivity index (χ2n) is 20.0. The summed E-state index contributed by atoms with van der Waals surface area (Å²) in [5, 5.41) is 74.8. The first-order chi connectivity index (χ1) is 33.3. The SMILES string of the molecule is CCCCCCCCCC/C=C/CC/C=C/CC/C=C/C(O)C(COP(=O)(O)OC1C(O)C(O)C(O)C(O)C1O)NC(=O)CC(O)CCCCCCCCCCCCCCCCCCCCCCC. The van der Waals surface area contributed by atoms with Crippen molar-refractivity contribution in [1.82, 2.24) is 5.32 Å². The number of aliphatic hydroxyl groups is 7. The predicted octanol–water partition coefficient (Wildman–Crippen LogP) is 11.3. The Bertz CT molecular complexity index is 1320. The topological polar surface area (TPSA) is 226 Å². The Hall–Kier alpha value is -1.48. The smallest absolute Gasteiger partial charge is 0.393 e. The van der Waals surface area contributed by atoms with Gasteiger partial charge in [-0.15, -0.1) is 0 Å². The first-order valence-corrected chi connectivity index (χ1v) is 29.5. The van der Waals surface area contributed by atoms with E-state index in [4.69, 9.17) is 9.05 Å². The molecule has 69 heavy (non-hydrogen) atoms. The van der Waals surface area contributed by atoms with Gasteiger partial charge in [0.15, 0.2) is 0 Å². The number of hydrogen-bond acceptors (Lipinski definition) is 11. The zero-order valence-electron chi connectivity index (χ0n) is 43.5. The molecule has 0 aromatic heterocycles. The second kappa shape index (κ2) is 44.0. The van der Waals surface area contributed by atoms with Gasteiger partial charge in [-0.1, -0.05) is 230 Å². The molecule has 0 aromatic carbocycles. The van der Waals surface area contributed by atoms with Crippen molar-refractivity contribution in [2.75, 3.05) is 6.61 Å². The third-order valence-electron chi connectivity index (χ3n) is 13.5. The molecule has 0 aliphatic heterocycles. The van der Waals surface area contributed by atoms with E-state index in [9.17, 15) is 50.0 Å². The van der Waals surface area contributed by atoms with Crippen LogP contribution in [0.4, 0.5) is 0 Å². The maximum Gasteiger partial charge on any atom is 0.472 e. The number of aliphatic hydroxyl groups excluding tert-OH is 7. The third kappa shape index (κ3) is 35.3. The Balaban J connectivity index is 2.45. The molecule has 0 saturated heterocycles. The molecule has 1 aliphatic carbocycles. The zero-order chi connectivity index (χ0) is 50.8. The molecule has 1 aliphatic rings. The normalized spacial score (nSPS) is 22.2. The third-order valence-corrected chi connectivity index (χ3v) is 14.4. The Morgan fingerprint density at radius 2 is 0.855 bits per heavy atom. The lowest BCUT2D eigenvalue weighted by Crippen LogP contribution is -2.64. The number of phosphoric ester groups is 1. The van der Waals surface area contributed by atoms with Crippen LogP contribution in [0.5, 0.6) is 0 Å².